The lowest BCUT2D eigenvalue weighted by Gasteiger charge is -2.33. The number of aromatic nitrogens is 3. The molecule has 0 spiro atoms. The first-order chi connectivity index (χ1) is 17.3. The van der Waals surface area contributed by atoms with E-state index in [2.05, 4.69) is 44.8 Å². The lowest BCUT2D eigenvalue weighted by atomic mass is 10.0. The third-order valence-electron chi connectivity index (χ3n) is 6.73. The highest BCUT2D eigenvalue weighted by atomic mass is 32.1. The smallest absolute Gasteiger partial charge is 0.161 e. The van der Waals surface area contributed by atoms with Crippen LogP contribution in [0.1, 0.15) is 29.6 Å². The minimum Gasteiger partial charge on any atom is -0.493 e. The summed E-state index contributed by atoms with van der Waals surface area (Å²) in [7, 11) is 1.66. The van der Waals surface area contributed by atoms with Crippen molar-refractivity contribution in [1.29, 1.82) is 0 Å². The number of hydrogen-bond donors (Lipinski definition) is 0. The Morgan fingerprint density at radius 3 is 2.60 bits per heavy atom. The minimum absolute atomic E-state index is 0.352. The number of methoxy groups -OCH3 is 1. The summed E-state index contributed by atoms with van der Waals surface area (Å²) >= 11 is 1.91. The molecule has 2 aromatic carbocycles. The molecule has 1 aliphatic rings. The van der Waals surface area contributed by atoms with Crippen LogP contribution in [0, 0.1) is 0 Å². The van der Waals surface area contributed by atoms with Gasteiger partial charge in [-0.05, 0) is 54.6 Å². The number of ether oxygens (including phenoxy) is 2. The lowest BCUT2D eigenvalue weighted by Crippen LogP contribution is -2.34. The summed E-state index contributed by atoms with van der Waals surface area (Å²) in [5, 5.41) is 1.35. The Bertz CT molecular complexity index is 1420. The maximum Gasteiger partial charge on any atom is 0.161 e. The molecule has 0 unspecified atom stereocenters. The Morgan fingerprint density at radius 1 is 0.971 bits per heavy atom. The van der Waals surface area contributed by atoms with Gasteiger partial charge in [-0.2, -0.15) is 0 Å². The van der Waals surface area contributed by atoms with E-state index < -0.39 is 0 Å². The van der Waals surface area contributed by atoms with Gasteiger partial charge in [0.05, 0.1) is 7.11 Å². The van der Waals surface area contributed by atoms with Crippen LogP contribution in [0.4, 0.5) is 0 Å². The van der Waals surface area contributed by atoms with Crippen LogP contribution in [-0.2, 0) is 13.2 Å². The van der Waals surface area contributed by atoms with Gasteiger partial charge in [-0.1, -0.05) is 30.3 Å². The molecular formula is C28H28N4O2S. The molecule has 3 aromatic heterocycles. The van der Waals surface area contributed by atoms with Gasteiger partial charge in [-0.15, -0.1) is 11.3 Å². The van der Waals surface area contributed by atoms with Crippen LogP contribution in [0.2, 0.25) is 0 Å². The van der Waals surface area contributed by atoms with Crippen molar-refractivity contribution in [2.45, 2.75) is 32.0 Å². The second-order valence-corrected chi connectivity index (χ2v) is 10.1. The number of imidazole rings is 1. The van der Waals surface area contributed by atoms with Crippen molar-refractivity contribution in [3.8, 4) is 11.5 Å². The molecule has 0 radical (unpaired) electrons. The van der Waals surface area contributed by atoms with Gasteiger partial charge in [-0.3, -0.25) is 4.90 Å². The van der Waals surface area contributed by atoms with Crippen LogP contribution >= 0.6 is 11.3 Å². The molecule has 1 fully saturated rings. The summed E-state index contributed by atoms with van der Waals surface area (Å²) in [4.78, 5) is 13.6. The topological polar surface area (TPSA) is 52.4 Å². The first-order valence-corrected chi connectivity index (χ1v) is 12.9. The third-order valence-corrected chi connectivity index (χ3v) is 7.83. The van der Waals surface area contributed by atoms with Crippen LogP contribution in [0.15, 0.2) is 72.9 Å². The van der Waals surface area contributed by atoms with Crippen LogP contribution in [-0.4, -0.2) is 39.6 Å². The number of thiophene rings is 1. The first kappa shape index (κ1) is 22.1. The fourth-order valence-corrected chi connectivity index (χ4v) is 6.12. The molecule has 0 atom stereocenters. The molecule has 4 heterocycles. The lowest BCUT2D eigenvalue weighted by molar-refractivity contribution is 0.176. The largest absolute Gasteiger partial charge is 0.493 e. The highest BCUT2D eigenvalue weighted by molar-refractivity contribution is 7.19. The third kappa shape index (κ3) is 4.49. The van der Waals surface area contributed by atoms with Crippen molar-refractivity contribution in [2.75, 3.05) is 20.2 Å². The molecule has 6 rings (SSSR count). The number of nitrogens with zero attached hydrogens (tertiary/aromatic N) is 4. The van der Waals surface area contributed by atoms with Crippen molar-refractivity contribution < 1.29 is 9.47 Å². The quantitative estimate of drug-likeness (QED) is 0.281. The molecule has 0 bridgehead atoms. The predicted octanol–water partition coefficient (Wildman–Crippen LogP) is 6.07. The summed E-state index contributed by atoms with van der Waals surface area (Å²) in [5.74, 6) is 2.36. The molecule has 0 aliphatic carbocycles. The van der Waals surface area contributed by atoms with Gasteiger partial charge < -0.3 is 14.0 Å². The van der Waals surface area contributed by atoms with Crippen molar-refractivity contribution in [2.24, 2.45) is 0 Å². The normalized spacial score (nSPS) is 15.1. The number of benzene rings is 2. The standard InChI is InChI=1S/C28H28N4O2S/c1-33-24-9-3-4-10-25(24)34-19-27-30-23-8-6-14-29-28(23)32(27)21-12-15-31(16-13-21)18-22-17-20-7-2-5-11-26(20)35-22/h2-11,14,17,21H,12-13,15-16,18-19H2,1H3. The van der Waals surface area contributed by atoms with Crippen molar-refractivity contribution >= 4 is 32.6 Å². The Balaban J connectivity index is 1.19. The SMILES string of the molecule is COc1ccccc1OCc1nc2cccnc2n1C1CCN(Cc2cc3ccccc3s2)CC1. The second-order valence-electron chi connectivity index (χ2n) is 8.94. The minimum atomic E-state index is 0.352. The van der Waals surface area contributed by atoms with E-state index >= 15 is 0 Å². The van der Waals surface area contributed by atoms with E-state index in [-0.39, 0.29) is 0 Å². The number of pyridine rings is 1. The summed E-state index contributed by atoms with van der Waals surface area (Å²) in [5.41, 5.74) is 1.85. The molecule has 0 amide bonds. The molecule has 5 aromatic rings. The van der Waals surface area contributed by atoms with Gasteiger partial charge in [0.25, 0.3) is 0 Å². The maximum atomic E-state index is 6.16. The van der Waals surface area contributed by atoms with E-state index in [0.717, 1.165) is 61.0 Å². The molecule has 0 N–H and O–H groups in total. The highest BCUT2D eigenvalue weighted by Gasteiger charge is 2.26. The number of likely N-dealkylation sites (tertiary alicyclic amines) is 1. The number of fused-ring (bicyclic) bond motifs is 2. The maximum absolute atomic E-state index is 6.16. The van der Waals surface area contributed by atoms with Gasteiger partial charge in [0.2, 0.25) is 0 Å². The summed E-state index contributed by atoms with van der Waals surface area (Å²) in [6, 6.07) is 23.0. The van der Waals surface area contributed by atoms with Crippen molar-refractivity contribution in [1.82, 2.24) is 19.4 Å². The highest BCUT2D eigenvalue weighted by Crippen LogP contribution is 2.32. The first-order valence-electron chi connectivity index (χ1n) is 12.1. The zero-order valence-corrected chi connectivity index (χ0v) is 20.6. The van der Waals surface area contributed by atoms with Gasteiger partial charge in [0.1, 0.15) is 17.9 Å². The predicted molar refractivity (Wildman–Crippen MR) is 140 cm³/mol. The average molecular weight is 485 g/mol. The molecule has 7 heteroatoms. The van der Waals surface area contributed by atoms with E-state index in [0.29, 0.717) is 12.6 Å². The Morgan fingerprint density at radius 2 is 1.77 bits per heavy atom. The van der Waals surface area contributed by atoms with E-state index in [4.69, 9.17) is 14.5 Å². The summed E-state index contributed by atoms with van der Waals surface area (Å²) in [6.07, 6.45) is 3.98. The van der Waals surface area contributed by atoms with Crippen LogP contribution in [0.3, 0.4) is 0 Å². The number of piperidine rings is 1. The van der Waals surface area contributed by atoms with E-state index in [1.165, 1.54) is 15.0 Å². The van der Waals surface area contributed by atoms with E-state index in [1.54, 1.807) is 7.11 Å². The zero-order chi connectivity index (χ0) is 23.6. The van der Waals surface area contributed by atoms with Gasteiger partial charge in [-0.25, -0.2) is 9.97 Å². The van der Waals surface area contributed by atoms with E-state index in [1.807, 2.05) is 53.9 Å². The van der Waals surface area contributed by atoms with Gasteiger partial charge >= 0.3 is 0 Å². The fraction of sp³-hybridized carbons (Fsp3) is 0.286. The molecule has 6 nitrogen and oxygen atoms in total. The molecule has 178 valence electrons. The zero-order valence-electron chi connectivity index (χ0n) is 19.8. The number of para-hydroxylation sites is 2. The molecule has 1 saturated heterocycles. The second kappa shape index (κ2) is 9.68. The van der Waals surface area contributed by atoms with E-state index in [9.17, 15) is 0 Å². The molecular weight excluding hydrogens is 456 g/mol. The Kier molecular flexibility index (Phi) is 6.10. The molecule has 0 saturated carbocycles. The van der Waals surface area contributed by atoms with Crippen LogP contribution in [0.25, 0.3) is 21.3 Å². The van der Waals surface area contributed by atoms with Crippen molar-refractivity contribution in [3.05, 3.63) is 83.6 Å². The molecule has 35 heavy (non-hydrogen) atoms. The monoisotopic (exact) mass is 484 g/mol. The summed E-state index contributed by atoms with van der Waals surface area (Å²) < 4.78 is 15.3. The van der Waals surface area contributed by atoms with Gasteiger partial charge in [0.15, 0.2) is 17.1 Å². The Labute approximate surface area is 208 Å². The number of rotatable bonds is 7. The van der Waals surface area contributed by atoms with Crippen molar-refractivity contribution in [3.63, 3.8) is 0 Å². The van der Waals surface area contributed by atoms with Gasteiger partial charge in [0, 0.05) is 41.5 Å². The van der Waals surface area contributed by atoms with Crippen LogP contribution in [0.5, 0.6) is 11.5 Å². The van der Waals surface area contributed by atoms with Crippen LogP contribution < -0.4 is 9.47 Å². The number of hydrogen-bond acceptors (Lipinski definition) is 6. The summed E-state index contributed by atoms with van der Waals surface area (Å²) in [6.45, 7) is 3.49. The Hall–Kier alpha value is -3.42. The molecule has 1 aliphatic heterocycles. The average Bonchev–Trinajstić information content (AvgIpc) is 3.48. The fourth-order valence-electron chi connectivity index (χ4n) is 5.01.